The molecule has 27 heavy (non-hydrogen) atoms. The fourth-order valence-electron chi connectivity index (χ4n) is 3.25. The number of H-pyrrole nitrogens is 1. The molecule has 1 aromatic carbocycles. The average molecular weight is 390 g/mol. The Labute approximate surface area is 156 Å². The molecule has 0 radical (unpaired) electrons. The van der Waals surface area contributed by atoms with Gasteiger partial charge in [0.2, 0.25) is 5.89 Å². The molecule has 4 rings (SSSR count). The molecule has 1 aliphatic carbocycles. The van der Waals surface area contributed by atoms with Gasteiger partial charge in [-0.1, -0.05) is 18.6 Å². The minimum atomic E-state index is -4.08. The zero-order valence-electron chi connectivity index (χ0n) is 14.9. The number of sulfonamides is 1. The van der Waals surface area contributed by atoms with Crippen molar-refractivity contribution in [2.75, 3.05) is 4.72 Å². The number of aromatic nitrogens is 3. The second-order valence-electron chi connectivity index (χ2n) is 6.74. The van der Waals surface area contributed by atoms with Gasteiger partial charge in [0.1, 0.15) is 10.7 Å². The van der Waals surface area contributed by atoms with Crippen molar-refractivity contribution in [3.8, 4) is 11.5 Å². The summed E-state index contributed by atoms with van der Waals surface area (Å²) >= 11 is 0. The molecule has 9 heteroatoms. The van der Waals surface area contributed by atoms with E-state index in [1.165, 1.54) is 18.2 Å². The molecule has 1 fully saturated rings. The number of halogens is 1. The van der Waals surface area contributed by atoms with Crippen LogP contribution in [-0.4, -0.2) is 23.6 Å². The summed E-state index contributed by atoms with van der Waals surface area (Å²) in [6.45, 7) is 3.37. The average Bonchev–Trinajstić information content (AvgIpc) is 3.12. The van der Waals surface area contributed by atoms with Crippen molar-refractivity contribution in [1.29, 1.82) is 0 Å². The highest BCUT2D eigenvalue weighted by Gasteiger charge is 2.31. The van der Waals surface area contributed by atoms with E-state index in [2.05, 4.69) is 19.9 Å². The SMILES string of the molecule is Cc1[nH]c(C)c(S(=O)(=O)Nc2ccccc2F)c1-c1nnc(C2CCC2)o1. The number of hydrogen-bond donors (Lipinski definition) is 2. The molecule has 0 aliphatic heterocycles. The van der Waals surface area contributed by atoms with Crippen LogP contribution < -0.4 is 4.72 Å². The van der Waals surface area contributed by atoms with Gasteiger partial charge in [-0.2, -0.15) is 0 Å². The topological polar surface area (TPSA) is 101 Å². The summed E-state index contributed by atoms with van der Waals surface area (Å²) in [6, 6.07) is 5.60. The fraction of sp³-hybridized carbons (Fsp3) is 0.333. The third-order valence-electron chi connectivity index (χ3n) is 4.81. The van der Waals surface area contributed by atoms with Gasteiger partial charge in [0, 0.05) is 17.3 Å². The van der Waals surface area contributed by atoms with Crippen LogP contribution in [0.4, 0.5) is 10.1 Å². The first-order chi connectivity index (χ1) is 12.9. The van der Waals surface area contributed by atoms with E-state index in [9.17, 15) is 12.8 Å². The lowest BCUT2D eigenvalue weighted by Gasteiger charge is -2.20. The minimum Gasteiger partial charge on any atom is -0.420 e. The standard InChI is InChI=1S/C18H19FN4O3S/c1-10-15(18-22-21-17(26-18)12-6-5-7-12)16(11(2)20-10)27(24,25)23-14-9-4-3-8-13(14)19/h3-4,8-9,12,20,23H,5-7H2,1-2H3. The summed E-state index contributed by atoms with van der Waals surface area (Å²) in [4.78, 5) is 2.99. The number of hydrogen-bond acceptors (Lipinski definition) is 5. The van der Waals surface area contributed by atoms with Crippen molar-refractivity contribution in [2.24, 2.45) is 0 Å². The molecule has 3 aromatic rings. The zero-order valence-corrected chi connectivity index (χ0v) is 15.7. The van der Waals surface area contributed by atoms with Crippen LogP contribution in [0.15, 0.2) is 33.6 Å². The molecule has 2 aromatic heterocycles. The molecule has 0 spiro atoms. The van der Waals surface area contributed by atoms with Gasteiger partial charge >= 0.3 is 0 Å². The van der Waals surface area contributed by atoms with Crippen LogP contribution in [-0.2, 0) is 10.0 Å². The van der Waals surface area contributed by atoms with E-state index < -0.39 is 15.8 Å². The first-order valence-corrected chi connectivity index (χ1v) is 10.2. The van der Waals surface area contributed by atoms with Gasteiger partial charge in [-0.05, 0) is 38.8 Å². The molecular weight excluding hydrogens is 371 g/mol. The third-order valence-corrected chi connectivity index (χ3v) is 6.35. The normalized spacial score (nSPS) is 14.9. The van der Waals surface area contributed by atoms with Crippen molar-refractivity contribution in [2.45, 2.75) is 43.9 Å². The van der Waals surface area contributed by atoms with Crippen molar-refractivity contribution < 1.29 is 17.2 Å². The molecule has 7 nitrogen and oxygen atoms in total. The maximum Gasteiger partial charge on any atom is 0.264 e. The molecule has 2 N–H and O–H groups in total. The highest BCUT2D eigenvalue weighted by atomic mass is 32.2. The van der Waals surface area contributed by atoms with Crippen molar-refractivity contribution >= 4 is 15.7 Å². The second kappa shape index (κ2) is 6.49. The number of aryl methyl sites for hydroxylation is 2. The Morgan fingerprint density at radius 2 is 1.93 bits per heavy atom. The summed E-state index contributed by atoms with van der Waals surface area (Å²) in [5, 5.41) is 8.14. The lowest BCUT2D eigenvalue weighted by molar-refractivity contribution is 0.338. The number of nitrogens with one attached hydrogen (secondary N) is 2. The number of para-hydroxylation sites is 1. The molecule has 0 unspecified atom stereocenters. The van der Waals surface area contributed by atoms with Crippen LogP contribution >= 0.6 is 0 Å². The Hall–Kier alpha value is -2.68. The molecule has 1 saturated carbocycles. The number of aromatic amines is 1. The molecule has 0 saturated heterocycles. The molecule has 0 bridgehead atoms. The van der Waals surface area contributed by atoms with E-state index in [0.29, 0.717) is 22.8 Å². The van der Waals surface area contributed by atoms with Crippen LogP contribution in [0.1, 0.15) is 42.5 Å². The maximum atomic E-state index is 13.9. The van der Waals surface area contributed by atoms with Crippen molar-refractivity contribution in [3.63, 3.8) is 0 Å². The highest BCUT2D eigenvalue weighted by molar-refractivity contribution is 7.93. The Morgan fingerprint density at radius 3 is 2.59 bits per heavy atom. The lowest BCUT2D eigenvalue weighted by Crippen LogP contribution is -2.15. The van der Waals surface area contributed by atoms with Crippen molar-refractivity contribution in [3.05, 3.63) is 47.4 Å². The second-order valence-corrected chi connectivity index (χ2v) is 8.36. The van der Waals surface area contributed by atoms with Gasteiger partial charge in [-0.25, -0.2) is 12.8 Å². The minimum absolute atomic E-state index is 0.0212. The first kappa shape index (κ1) is 17.7. The van der Waals surface area contributed by atoms with Crippen LogP contribution in [0.5, 0.6) is 0 Å². The summed E-state index contributed by atoms with van der Waals surface area (Å²) < 4.78 is 48.0. The van der Waals surface area contributed by atoms with E-state index in [1.54, 1.807) is 19.9 Å². The van der Waals surface area contributed by atoms with Crippen LogP contribution in [0.25, 0.3) is 11.5 Å². The highest BCUT2D eigenvalue weighted by Crippen LogP contribution is 2.39. The number of rotatable bonds is 5. The first-order valence-electron chi connectivity index (χ1n) is 8.67. The number of anilines is 1. The molecule has 0 amide bonds. The van der Waals surface area contributed by atoms with Gasteiger partial charge < -0.3 is 9.40 Å². The van der Waals surface area contributed by atoms with Crippen LogP contribution in [0.3, 0.4) is 0 Å². The predicted octanol–water partition coefficient (Wildman–Crippen LogP) is 3.89. The van der Waals surface area contributed by atoms with Gasteiger partial charge in [0.05, 0.1) is 11.3 Å². The Kier molecular flexibility index (Phi) is 4.26. The third kappa shape index (κ3) is 3.12. The lowest BCUT2D eigenvalue weighted by atomic mass is 9.85. The van der Waals surface area contributed by atoms with Gasteiger partial charge in [-0.3, -0.25) is 4.72 Å². The number of benzene rings is 1. The van der Waals surface area contributed by atoms with Gasteiger partial charge in [0.15, 0.2) is 0 Å². The molecule has 1 aliphatic rings. The monoisotopic (exact) mass is 390 g/mol. The smallest absolute Gasteiger partial charge is 0.264 e. The van der Waals surface area contributed by atoms with E-state index in [1.807, 2.05) is 0 Å². The Bertz CT molecular complexity index is 1100. The van der Waals surface area contributed by atoms with E-state index >= 15 is 0 Å². The van der Waals surface area contributed by atoms with Crippen molar-refractivity contribution in [1.82, 2.24) is 15.2 Å². The number of nitrogens with zero attached hydrogens (tertiary/aromatic N) is 2. The fourth-order valence-corrected chi connectivity index (χ4v) is 4.77. The molecule has 2 heterocycles. The van der Waals surface area contributed by atoms with Gasteiger partial charge in [0.25, 0.3) is 15.9 Å². The predicted molar refractivity (Wildman–Crippen MR) is 97.4 cm³/mol. The Morgan fingerprint density at radius 1 is 1.19 bits per heavy atom. The van der Waals surface area contributed by atoms with Crippen LogP contribution in [0, 0.1) is 19.7 Å². The van der Waals surface area contributed by atoms with E-state index in [0.717, 1.165) is 19.3 Å². The molecule has 142 valence electrons. The largest absolute Gasteiger partial charge is 0.420 e. The molecular formula is C18H19FN4O3S. The summed E-state index contributed by atoms with van der Waals surface area (Å²) in [5.41, 5.74) is 1.19. The van der Waals surface area contributed by atoms with Crippen LogP contribution in [0.2, 0.25) is 0 Å². The maximum absolute atomic E-state index is 13.9. The van der Waals surface area contributed by atoms with E-state index in [-0.39, 0.29) is 22.4 Å². The quantitative estimate of drug-likeness (QED) is 0.688. The zero-order chi connectivity index (χ0) is 19.2. The Balaban J connectivity index is 1.77. The summed E-state index contributed by atoms with van der Waals surface area (Å²) in [5.74, 6) is 0.258. The molecule has 0 atom stereocenters. The summed E-state index contributed by atoms with van der Waals surface area (Å²) in [6.07, 6.45) is 3.11. The van der Waals surface area contributed by atoms with E-state index in [4.69, 9.17) is 4.42 Å². The summed E-state index contributed by atoms with van der Waals surface area (Å²) in [7, 11) is -4.08. The van der Waals surface area contributed by atoms with Gasteiger partial charge in [-0.15, -0.1) is 10.2 Å².